The molecule has 0 unspecified atom stereocenters. The molecule has 0 spiro atoms. The molecule has 1 atom stereocenters. The van der Waals surface area contributed by atoms with E-state index in [2.05, 4.69) is 20.4 Å². The summed E-state index contributed by atoms with van der Waals surface area (Å²) in [5.41, 5.74) is 2.49. The maximum absolute atomic E-state index is 12.3. The van der Waals surface area contributed by atoms with Crippen LogP contribution in [0.2, 0.25) is 0 Å². The first-order valence-electron chi connectivity index (χ1n) is 9.78. The fourth-order valence-electron chi connectivity index (χ4n) is 3.76. The number of nitrogens with zero attached hydrogens (tertiary/aromatic N) is 4. The zero-order valence-corrected chi connectivity index (χ0v) is 16.3. The average molecular weight is 379 g/mol. The molecule has 1 aliphatic rings. The molecule has 4 rings (SSSR count). The van der Waals surface area contributed by atoms with Crippen molar-refractivity contribution in [2.45, 2.75) is 45.1 Å². The van der Waals surface area contributed by atoms with E-state index in [-0.39, 0.29) is 11.9 Å². The monoisotopic (exact) mass is 379 g/mol. The zero-order chi connectivity index (χ0) is 19.5. The second-order valence-corrected chi connectivity index (χ2v) is 7.42. The molecule has 146 valence electrons. The third-order valence-corrected chi connectivity index (χ3v) is 5.35. The molecule has 1 fully saturated rings. The van der Waals surface area contributed by atoms with E-state index in [0.717, 1.165) is 29.8 Å². The lowest BCUT2D eigenvalue weighted by molar-refractivity contribution is -0.122. The average Bonchev–Trinajstić information content (AvgIpc) is 3.36. The molecule has 0 saturated heterocycles. The second kappa shape index (κ2) is 7.96. The lowest BCUT2D eigenvalue weighted by atomic mass is 10.0. The van der Waals surface area contributed by atoms with Crippen LogP contribution >= 0.6 is 0 Å². The Morgan fingerprint density at radius 2 is 2.04 bits per heavy atom. The molecule has 0 bridgehead atoms. The molecule has 28 heavy (non-hydrogen) atoms. The van der Waals surface area contributed by atoms with Crippen LogP contribution in [0.15, 0.2) is 36.7 Å². The van der Waals surface area contributed by atoms with Crippen molar-refractivity contribution >= 4 is 11.6 Å². The predicted molar refractivity (Wildman–Crippen MR) is 106 cm³/mol. The minimum absolute atomic E-state index is 0.0790. The number of amides is 1. The fraction of sp³-hybridized carbons (Fsp3) is 0.429. The lowest BCUT2D eigenvalue weighted by Crippen LogP contribution is -2.28. The maximum Gasteiger partial charge on any atom is 0.220 e. The first kappa shape index (κ1) is 18.4. The van der Waals surface area contributed by atoms with Crippen LogP contribution in [0, 0.1) is 5.92 Å². The number of aromatic nitrogens is 4. The summed E-state index contributed by atoms with van der Waals surface area (Å²) in [5.74, 6) is 2.00. The Bertz CT molecular complexity index is 961. The highest BCUT2D eigenvalue weighted by molar-refractivity contribution is 5.76. The van der Waals surface area contributed by atoms with E-state index < -0.39 is 0 Å². The number of fused-ring (bicyclic) bond motifs is 1. The molecule has 3 aromatic rings. The molecular formula is C21H25N5O2. The molecule has 1 amide bonds. The van der Waals surface area contributed by atoms with Gasteiger partial charge in [0.05, 0.1) is 18.8 Å². The van der Waals surface area contributed by atoms with E-state index in [1.807, 2.05) is 37.3 Å². The number of ether oxygens (including phenoxy) is 1. The van der Waals surface area contributed by atoms with Crippen molar-refractivity contribution < 1.29 is 9.53 Å². The smallest absolute Gasteiger partial charge is 0.220 e. The summed E-state index contributed by atoms with van der Waals surface area (Å²) in [5, 5.41) is 7.50. The zero-order valence-electron chi connectivity index (χ0n) is 16.3. The van der Waals surface area contributed by atoms with Crippen molar-refractivity contribution in [2.24, 2.45) is 5.92 Å². The van der Waals surface area contributed by atoms with Gasteiger partial charge in [0, 0.05) is 18.1 Å². The quantitative estimate of drug-likeness (QED) is 0.708. The van der Waals surface area contributed by atoms with Gasteiger partial charge in [-0.3, -0.25) is 4.79 Å². The normalized spacial score (nSPS) is 15.6. The number of hydrogen-bond donors (Lipinski definition) is 1. The topological polar surface area (TPSA) is 81.4 Å². The highest BCUT2D eigenvalue weighted by atomic mass is 16.5. The summed E-state index contributed by atoms with van der Waals surface area (Å²) < 4.78 is 6.84. The third-order valence-electron chi connectivity index (χ3n) is 5.35. The highest BCUT2D eigenvalue weighted by Gasteiger charge is 2.21. The first-order chi connectivity index (χ1) is 13.6. The minimum Gasteiger partial charge on any atom is -0.497 e. The number of methoxy groups -OCH3 is 1. The number of rotatable bonds is 6. The summed E-state index contributed by atoms with van der Waals surface area (Å²) in [6.45, 7) is 1.92. The van der Waals surface area contributed by atoms with Crippen LogP contribution in [-0.4, -0.2) is 32.6 Å². The van der Waals surface area contributed by atoms with E-state index in [9.17, 15) is 4.79 Å². The molecule has 1 N–H and O–H groups in total. The summed E-state index contributed by atoms with van der Waals surface area (Å²) in [7, 11) is 1.64. The third kappa shape index (κ3) is 3.98. The van der Waals surface area contributed by atoms with E-state index >= 15 is 0 Å². The van der Waals surface area contributed by atoms with Gasteiger partial charge in [0.1, 0.15) is 12.1 Å². The molecule has 1 aliphatic carbocycles. The Kier molecular flexibility index (Phi) is 5.23. The van der Waals surface area contributed by atoms with Gasteiger partial charge >= 0.3 is 0 Å². The predicted octanol–water partition coefficient (Wildman–Crippen LogP) is 3.56. The summed E-state index contributed by atoms with van der Waals surface area (Å²) >= 11 is 0. The van der Waals surface area contributed by atoms with E-state index in [1.54, 1.807) is 18.0 Å². The van der Waals surface area contributed by atoms with Crippen molar-refractivity contribution in [1.82, 2.24) is 24.9 Å². The van der Waals surface area contributed by atoms with Crippen molar-refractivity contribution in [3.63, 3.8) is 0 Å². The van der Waals surface area contributed by atoms with Gasteiger partial charge in [-0.25, -0.2) is 14.5 Å². The van der Waals surface area contributed by atoms with Crippen LogP contribution in [-0.2, 0) is 4.79 Å². The Morgan fingerprint density at radius 3 is 2.75 bits per heavy atom. The van der Waals surface area contributed by atoms with Crippen molar-refractivity contribution in [1.29, 1.82) is 0 Å². The van der Waals surface area contributed by atoms with Crippen LogP contribution in [0.25, 0.3) is 16.9 Å². The highest BCUT2D eigenvalue weighted by Crippen LogP contribution is 2.27. The molecule has 7 nitrogen and oxygen atoms in total. The largest absolute Gasteiger partial charge is 0.497 e. The number of carbonyl (C=O) groups excluding carboxylic acids is 1. The molecular weight excluding hydrogens is 354 g/mol. The number of nitrogens with one attached hydrogen (secondary N) is 1. The lowest BCUT2D eigenvalue weighted by Gasteiger charge is -2.13. The summed E-state index contributed by atoms with van der Waals surface area (Å²) in [6, 6.07) is 9.38. The van der Waals surface area contributed by atoms with Gasteiger partial charge in [0.25, 0.3) is 0 Å². The maximum atomic E-state index is 12.3. The van der Waals surface area contributed by atoms with Crippen molar-refractivity contribution in [3.8, 4) is 17.0 Å². The number of benzene rings is 1. The van der Waals surface area contributed by atoms with Gasteiger partial charge in [-0.15, -0.1) is 5.10 Å². The van der Waals surface area contributed by atoms with Crippen LogP contribution < -0.4 is 10.1 Å². The Hall–Kier alpha value is -2.96. The molecule has 2 aromatic heterocycles. The fourth-order valence-corrected chi connectivity index (χ4v) is 3.76. The summed E-state index contributed by atoms with van der Waals surface area (Å²) in [6.07, 6.45) is 7.05. The SMILES string of the molecule is COc1ccc(-c2cc3nc([C@H](C)NC(=O)CC4CCCC4)nn3cn2)cc1. The van der Waals surface area contributed by atoms with Crippen LogP contribution in [0.3, 0.4) is 0 Å². The van der Waals surface area contributed by atoms with Crippen LogP contribution in [0.4, 0.5) is 0 Å². The van der Waals surface area contributed by atoms with Crippen LogP contribution in [0.1, 0.15) is 50.9 Å². The second-order valence-electron chi connectivity index (χ2n) is 7.42. The standard InChI is InChI=1S/C21H25N5O2/c1-14(23-20(27)11-15-5-3-4-6-15)21-24-19-12-18(22-13-26(19)25-21)16-7-9-17(28-2)10-8-16/h7-10,12-15H,3-6,11H2,1-2H3,(H,23,27)/t14-/m0/s1. The van der Waals surface area contributed by atoms with Gasteiger partial charge in [0.15, 0.2) is 11.5 Å². The van der Waals surface area contributed by atoms with Gasteiger partial charge in [0.2, 0.25) is 5.91 Å². The Labute approximate surface area is 164 Å². The summed E-state index contributed by atoms with van der Waals surface area (Å²) in [4.78, 5) is 21.4. The van der Waals surface area contributed by atoms with Crippen molar-refractivity contribution in [2.75, 3.05) is 7.11 Å². The van der Waals surface area contributed by atoms with Gasteiger partial charge in [-0.1, -0.05) is 12.8 Å². The van der Waals surface area contributed by atoms with Crippen LogP contribution in [0.5, 0.6) is 5.75 Å². The van der Waals surface area contributed by atoms with Gasteiger partial charge in [-0.2, -0.15) is 0 Å². The van der Waals surface area contributed by atoms with E-state index in [4.69, 9.17) is 4.74 Å². The number of hydrogen-bond acceptors (Lipinski definition) is 5. The van der Waals surface area contributed by atoms with Gasteiger partial charge in [-0.05, 0) is 49.9 Å². The van der Waals surface area contributed by atoms with E-state index in [1.165, 1.54) is 12.8 Å². The Balaban J connectivity index is 1.48. The first-order valence-corrected chi connectivity index (χ1v) is 9.78. The molecule has 0 aliphatic heterocycles. The molecule has 1 aromatic carbocycles. The molecule has 1 saturated carbocycles. The van der Waals surface area contributed by atoms with Gasteiger partial charge < -0.3 is 10.1 Å². The molecule has 2 heterocycles. The Morgan fingerprint density at radius 1 is 1.29 bits per heavy atom. The molecule has 7 heteroatoms. The molecule has 0 radical (unpaired) electrons. The van der Waals surface area contributed by atoms with E-state index in [0.29, 0.717) is 23.8 Å². The van der Waals surface area contributed by atoms with Crippen molar-refractivity contribution in [3.05, 3.63) is 42.5 Å². The number of carbonyl (C=O) groups is 1. The minimum atomic E-state index is -0.238.